The fourth-order valence-corrected chi connectivity index (χ4v) is 3.81. The second-order valence-corrected chi connectivity index (χ2v) is 6.38. The molecule has 1 aliphatic rings. The lowest BCUT2D eigenvalue weighted by Crippen LogP contribution is -2.29. The molecule has 1 aliphatic carbocycles. The van der Waals surface area contributed by atoms with Crippen LogP contribution in [0.25, 0.3) is 0 Å². The molecule has 2 rings (SSSR count). The Kier molecular flexibility index (Phi) is 4.85. The summed E-state index contributed by atoms with van der Waals surface area (Å²) in [5.74, 6) is 0.0640. The highest BCUT2D eigenvalue weighted by Crippen LogP contribution is 2.43. The number of carboxylic acid groups (broad SMARTS) is 1. The molecule has 0 heterocycles. The van der Waals surface area contributed by atoms with E-state index in [-0.39, 0.29) is 11.8 Å². The number of carboxylic acids is 1. The molecule has 20 heavy (non-hydrogen) atoms. The largest absolute Gasteiger partial charge is 0.481 e. The average molecular weight is 274 g/mol. The van der Waals surface area contributed by atoms with Gasteiger partial charge in [-0.2, -0.15) is 0 Å². The Labute approximate surface area is 122 Å². The van der Waals surface area contributed by atoms with Crippen molar-refractivity contribution in [2.75, 3.05) is 0 Å². The molecule has 0 saturated heterocycles. The van der Waals surface area contributed by atoms with Crippen molar-refractivity contribution in [3.63, 3.8) is 0 Å². The van der Waals surface area contributed by atoms with Gasteiger partial charge in [-0.3, -0.25) is 4.79 Å². The summed E-state index contributed by atoms with van der Waals surface area (Å²) in [4.78, 5) is 11.6. The fraction of sp³-hybridized carbons (Fsp3) is 0.611. The maximum atomic E-state index is 11.6. The van der Waals surface area contributed by atoms with Gasteiger partial charge in [0.15, 0.2) is 0 Å². The predicted octanol–water partition coefficient (Wildman–Crippen LogP) is 4.69. The van der Waals surface area contributed by atoms with Crippen molar-refractivity contribution >= 4 is 5.97 Å². The number of benzene rings is 1. The Hall–Kier alpha value is -1.31. The monoisotopic (exact) mass is 274 g/mol. The minimum Gasteiger partial charge on any atom is -0.481 e. The number of aryl methyl sites for hydroxylation is 2. The van der Waals surface area contributed by atoms with E-state index in [4.69, 9.17) is 0 Å². The molecule has 3 atom stereocenters. The molecule has 2 heteroatoms. The lowest BCUT2D eigenvalue weighted by molar-refractivity contribution is -0.143. The first kappa shape index (κ1) is 15.1. The van der Waals surface area contributed by atoms with Gasteiger partial charge in [-0.25, -0.2) is 0 Å². The van der Waals surface area contributed by atoms with E-state index in [1.54, 1.807) is 0 Å². The van der Waals surface area contributed by atoms with E-state index in [2.05, 4.69) is 39.0 Å². The summed E-state index contributed by atoms with van der Waals surface area (Å²) in [6.45, 7) is 6.42. The summed E-state index contributed by atoms with van der Waals surface area (Å²) >= 11 is 0. The highest BCUT2D eigenvalue weighted by atomic mass is 16.4. The summed E-state index contributed by atoms with van der Waals surface area (Å²) in [7, 11) is 0. The Morgan fingerprint density at radius 1 is 1.30 bits per heavy atom. The maximum Gasteiger partial charge on any atom is 0.307 e. The Bertz CT molecular complexity index is 478. The molecule has 3 unspecified atom stereocenters. The summed E-state index contributed by atoms with van der Waals surface area (Å²) in [5, 5.41) is 9.53. The number of hydrogen-bond acceptors (Lipinski definition) is 1. The van der Waals surface area contributed by atoms with Crippen LogP contribution in [0.15, 0.2) is 18.2 Å². The van der Waals surface area contributed by atoms with Crippen molar-refractivity contribution in [3.8, 4) is 0 Å². The lowest BCUT2D eigenvalue weighted by Gasteiger charge is -2.35. The third-order valence-corrected chi connectivity index (χ3v) is 4.80. The normalized spacial score (nSPS) is 26.4. The molecule has 0 aromatic heterocycles. The smallest absolute Gasteiger partial charge is 0.307 e. The number of carbonyl (C=O) groups is 1. The molecule has 0 radical (unpaired) electrons. The Balaban J connectivity index is 2.28. The molecule has 0 amide bonds. The second kappa shape index (κ2) is 6.43. The quantitative estimate of drug-likeness (QED) is 0.865. The van der Waals surface area contributed by atoms with Gasteiger partial charge in [-0.15, -0.1) is 0 Å². The van der Waals surface area contributed by atoms with E-state index < -0.39 is 5.97 Å². The SMILES string of the molecule is CCCC1CCC(C(=O)O)C(c2ccc(C)cc2C)C1. The van der Waals surface area contributed by atoms with Gasteiger partial charge in [0.2, 0.25) is 0 Å². The van der Waals surface area contributed by atoms with E-state index in [0.717, 1.165) is 19.3 Å². The van der Waals surface area contributed by atoms with Gasteiger partial charge in [0, 0.05) is 0 Å². The minimum absolute atomic E-state index is 0.193. The minimum atomic E-state index is -0.620. The van der Waals surface area contributed by atoms with E-state index in [0.29, 0.717) is 5.92 Å². The van der Waals surface area contributed by atoms with E-state index in [1.807, 2.05) is 0 Å². The predicted molar refractivity (Wildman–Crippen MR) is 82.0 cm³/mol. The van der Waals surface area contributed by atoms with Crippen LogP contribution in [-0.4, -0.2) is 11.1 Å². The molecule has 1 saturated carbocycles. The van der Waals surface area contributed by atoms with Gasteiger partial charge >= 0.3 is 5.97 Å². The molecular weight excluding hydrogens is 248 g/mol. The summed E-state index contributed by atoms with van der Waals surface area (Å²) in [6.07, 6.45) is 5.37. The number of aliphatic carboxylic acids is 1. The zero-order valence-corrected chi connectivity index (χ0v) is 12.9. The molecule has 0 bridgehead atoms. The van der Waals surface area contributed by atoms with E-state index in [1.165, 1.54) is 29.5 Å². The lowest BCUT2D eigenvalue weighted by atomic mass is 9.69. The molecule has 110 valence electrons. The molecule has 1 fully saturated rings. The third kappa shape index (κ3) is 3.23. The number of hydrogen-bond donors (Lipinski definition) is 1. The first-order valence-corrected chi connectivity index (χ1v) is 7.82. The van der Waals surface area contributed by atoms with Crippen molar-refractivity contribution in [2.24, 2.45) is 11.8 Å². The van der Waals surface area contributed by atoms with Gasteiger partial charge in [-0.1, -0.05) is 43.5 Å². The van der Waals surface area contributed by atoms with Crippen molar-refractivity contribution in [3.05, 3.63) is 34.9 Å². The first-order chi connectivity index (χ1) is 9.52. The molecule has 1 N–H and O–H groups in total. The second-order valence-electron chi connectivity index (χ2n) is 6.38. The van der Waals surface area contributed by atoms with Crippen molar-refractivity contribution in [1.82, 2.24) is 0 Å². The van der Waals surface area contributed by atoms with Gasteiger partial charge in [0.25, 0.3) is 0 Å². The van der Waals surface area contributed by atoms with Crippen LogP contribution in [0.1, 0.15) is 61.6 Å². The van der Waals surface area contributed by atoms with E-state index in [9.17, 15) is 9.90 Å². The van der Waals surface area contributed by atoms with Gasteiger partial charge in [-0.05, 0) is 56.1 Å². The van der Waals surface area contributed by atoms with E-state index >= 15 is 0 Å². The summed E-state index contributed by atoms with van der Waals surface area (Å²) in [6, 6.07) is 6.45. The first-order valence-electron chi connectivity index (χ1n) is 7.82. The Morgan fingerprint density at radius 3 is 2.65 bits per heavy atom. The standard InChI is InChI=1S/C18H26O2/c1-4-5-14-7-9-16(18(19)20)17(11-14)15-8-6-12(2)10-13(15)3/h6,8,10,14,16-17H,4-5,7,9,11H2,1-3H3,(H,19,20). The average Bonchev–Trinajstić information content (AvgIpc) is 2.38. The third-order valence-electron chi connectivity index (χ3n) is 4.80. The summed E-state index contributed by atoms with van der Waals surface area (Å²) in [5.41, 5.74) is 3.75. The van der Waals surface area contributed by atoms with Crippen LogP contribution in [0.2, 0.25) is 0 Å². The van der Waals surface area contributed by atoms with Crippen molar-refractivity contribution in [2.45, 2.75) is 58.8 Å². The van der Waals surface area contributed by atoms with Gasteiger partial charge in [0.05, 0.1) is 5.92 Å². The Morgan fingerprint density at radius 2 is 2.05 bits per heavy atom. The molecule has 2 nitrogen and oxygen atoms in total. The highest BCUT2D eigenvalue weighted by Gasteiger charge is 2.36. The molecule has 1 aromatic carbocycles. The van der Waals surface area contributed by atoms with Crippen LogP contribution in [0.5, 0.6) is 0 Å². The fourth-order valence-electron chi connectivity index (χ4n) is 3.81. The van der Waals surface area contributed by atoms with Crippen LogP contribution in [0, 0.1) is 25.7 Å². The van der Waals surface area contributed by atoms with Crippen molar-refractivity contribution in [1.29, 1.82) is 0 Å². The van der Waals surface area contributed by atoms with Crippen LogP contribution < -0.4 is 0 Å². The van der Waals surface area contributed by atoms with Crippen molar-refractivity contribution < 1.29 is 9.90 Å². The molecule has 1 aromatic rings. The molecular formula is C18H26O2. The molecule has 0 spiro atoms. The van der Waals surface area contributed by atoms with Gasteiger partial charge in [0.1, 0.15) is 0 Å². The number of rotatable bonds is 4. The summed E-state index contributed by atoms with van der Waals surface area (Å²) < 4.78 is 0. The van der Waals surface area contributed by atoms with Crippen LogP contribution >= 0.6 is 0 Å². The highest BCUT2D eigenvalue weighted by molar-refractivity contribution is 5.71. The zero-order valence-electron chi connectivity index (χ0n) is 12.9. The zero-order chi connectivity index (χ0) is 14.7. The maximum absolute atomic E-state index is 11.6. The van der Waals surface area contributed by atoms with Crippen LogP contribution in [0.3, 0.4) is 0 Å². The van der Waals surface area contributed by atoms with Crippen LogP contribution in [-0.2, 0) is 4.79 Å². The molecule has 0 aliphatic heterocycles. The van der Waals surface area contributed by atoms with Gasteiger partial charge < -0.3 is 5.11 Å². The van der Waals surface area contributed by atoms with Crippen LogP contribution in [0.4, 0.5) is 0 Å². The topological polar surface area (TPSA) is 37.3 Å².